The van der Waals surface area contributed by atoms with Crippen LogP contribution in [0.4, 0.5) is 17.3 Å². The molecule has 2 N–H and O–H groups in total. The maximum atomic E-state index is 13.3. The summed E-state index contributed by atoms with van der Waals surface area (Å²) in [5.41, 5.74) is 6.67. The normalized spacial score (nSPS) is 18.8. The molecule has 2 atom stereocenters. The van der Waals surface area contributed by atoms with Crippen LogP contribution >= 0.6 is 0 Å². The van der Waals surface area contributed by atoms with Crippen LogP contribution < -0.4 is 25.0 Å². The summed E-state index contributed by atoms with van der Waals surface area (Å²) >= 11 is 0. The van der Waals surface area contributed by atoms with Gasteiger partial charge in [0.25, 0.3) is 11.8 Å². The number of pyridine rings is 1. The van der Waals surface area contributed by atoms with Crippen molar-refractivity contribution in [3.8, 4) is 11.5 Å². The molecule has 0 aliphatic carbocycles. The molecule has 0 spiro atoms. The van der Waals surface area contributed by atoms with Gasteiger partial charge >= 0.3 is 0 Å². The third-order valence-electron chi connectivity index (χ3n) is 5.34. The van der Waals surface area contributed by atoms with Crippen molar-refractivity contribution in [2.75, 3.05) is 29.2 Å². The number of nitrogen functional groups attached to an aromatic ring is 1. The maximum Gasteiger partial charge on any atom is 0.269 e. The summed E-state index contributed by atoms with van der Waals surface area (Å²) in [4.78, 5) is 45.3. The summed E-state index contributed by atoms with van der Waals surface area (Å²) in [5.74, 6) is 0.508. The van der Waals surface area contributed by atoms with E-state index < -0.39 is 12.1 Å². The minimum atomic E-state index is -0.855. The number of hydrogen-bond acceptors (Lipinski definition) is 7. The quantitative estimate of drug-likeness (QED) is 0.764. The van der Waals surface area contributed by atoms with Gasteiger partial charge in [0, 0.05) is 12.6 Å². The standard InChI is InChI=1S/C21H22N4O5/c1-4-14-21(28)25(20-16(30-14)7-8-17(22)23-20)11(2)19(27)12-5-6-15-13(9-12)24(3)18(26)10-29-15/h5-9,11,14H,4,10H2,1-3H3,(H2,22,23). The van der Waals surface area contributed by atoms with E-state index in [4.69, 9.17) is 15.2 Å². The Morgan fingerprint density at radius 3 is 2.73 bits per heavy atom. The Kier molecular flexibility index (Phi) is 4.81. The first-order valence-corrected chi connectivity index (χ1v) is 9.65. The highest BCUT2D eigenvalue weighted by Gasteiger charge is 2.40. The van der Waals surface area contributed by atoms with Crippen LogP contribution in [0.25, 0.3) is 0 Å². The van der Waals surface area contributed by atoms with E-state index in [0.717, 1.165) is 0 Å². The van der Waals surface area contributed by atoms with Crippen LogP contribution in [0, 0.1) is 0 Å². The molecule has 1 aromatic heterocycles. The molecule has 2 aromatic rings. The van der Waals surface area contributed by atoms with Crippen LogP contribution in [0.2, 0.25) is 0 Å². The van der Waals surface area contributed by atoms with E-state index in [1.807, 2.05) is 6.92 Å². The molecule has 30 heavy (non-hydrogen) atoms. The number of ether oxygens (including phenoxy) is 2. The molecule has 0 saturated heterocycles. The van der Waals surface area contributed by atoms with E-state index in [0.29, 0.717) is 29.2 Å². The molecule has 156 valence electrons. The first-order valence-electron chi connectivity index (χ1n) is 9.65. The lowest BCUT2D eigenvalue weighted by molar-refractivity contribution is -0.126. The van der Waals surface area contributed by atoms with Crippen molar-refractivity contribution in [3.63, 3.8) is 0 Å². The topological polar surface area (TPSA) is 115 Å². The molecule has 3 heterocycles. The molecule has 2 aliphatic rings. The molecule has 2 aliphatic heterocycles. The number of carbonyl (C=O) groups excluding carboxylic acids is 3. The number of amides is 2. The summed E-state index contributed by atoms with van der Waals surface area (Å²) in [6.45, 7) is 3.43. The van der Waals surface area contributed by atoms with Crippen molar-refractivity contribution in [2.24, 2.45) is 0 Å². The zero-order valence-electron chi connectivity index (χ0n) is 16.9. The van der Waals surface area contributed by atoms with E-state index in [-0.39, 0.29) is 35.8 Å². The molecule has 4 rings (SSSR count). The molecular formula is C21H22N4O5. The van der Waals surface area contributed by atoms with Crippen molar-refractivity contribution >= 4 is 34.9 Å². The molecule has 9 heteroatoms. The highest BCUT2D eigenvalue weighted by molar-refractivity contribution is 6.10. The number of benzene rings is 1. The molecule has 0 saturated carbocycles. The van der Waals surface area contributed by atoms with E-state index in [1.54, 1.807) is 44.3 Å². The van der Waals surface area contributed by atoms with Gasteiger partial charge in [-0.05, 0) is 43.7 Å². The Balaban J connectivity index is 1.71. The van der Waals surface area contributed by atoms with E-state index >= 15 is 0 Å². The second-order valence-electron chi connectivity index (χ2n) is 7.24. The minimum Gasteiger partial charge on any atom is -0.482 e. The Morgan fingerprint density at radius 1 is 1.27 bits per heavy atom. The first kappa shape index (κ1) is 19.7. The number of Topliss-reactive ketones (excluding diaryl/α,β-unsaturated/α-hetero) is 1. The highest BCUT2D eigenvalue weighted by atomic mass is 16.5. The number of anilines is 3. The number of aromatic nitrogens is 1. The number of nitrogens with two attached hydrogens (primary N) is 1. The largest absolute Gasteiger partial charge is 0.482 e. The lowest BCUT2D eigenvalue weighted by Gasteiger charge is -2.36. The Labute approximate surface area is 173 Å². The molecule has 0 radical (unpaired) electrons. The van der Waals surface area contributed by atoms with Gasteiger partial charge < -0.3 is 20.1 Å². The third kappa shape index (κ3) is 3.12. The van der Waals surface area contributed by atoms with Gasteiger partial charge in [-0.25, -0.2) is 4.98 Å². The van der Waals surface area contributed by atoms with Crippen LogP contribution in [-0.2, 0) is 9.59 Å². The fourth-order valence-electron chi connectivity index (χ4n) is 3.59. The average Bonchev–Trinajstić information content (AvgIpc) is 2.75. The molecular weight excluding hydrogens is 388 g/mol. The number of nitrogens with zero attached hydrogens (tertiary/aromatic N) is 3. The average molecular weight is 410 g/mol. The number of hydrogen-bond donors (Lipinski definition) is 1. The Hall–Kier alpha value is -3.62. The second kappa shape index (κ2) is 7.33. The van der Waals surface area contributed by atoms with Crippen LogP contribution in [-0.4, -0.2) is 48.4 Å². The lowest BCUT2D eigenvalue weighted by atomic mass is 10.0. The lowest BCUT2D eigenvalue weighted by Crippen LogP contribution is -2.52. The van der Waals surface area contributed by atoms with Crippen LogP contribution in [0.15, 0.2) is 30.3 Å². The van der Waals surface area contributed by atoms with Gasteiger partial charge in [0.1, 0.15) is 11.6 Å². The molecule has 0 fully saturated rings. The minimum absolute atomic E-state index is 0.0439. The van der Waals surface area contributed by atoms with Gasteiger partial charge in [0.05, 0.1) is 11.7 Å². The summed E-state index contributed by atoms with van der Waals surface area (Å²) < 4.78 is 11.1. The van der Waals surface area contributed by atoms with Crippen molar-refractivity contribution in [3.05, 3.63) is 35.9 Å². The van der Waals surface area contributed by atoms with Gasteiger partial charge in [0.15, 0.2) is 30.1 Å². The fraction of sp³-hybridized carbons (Fsp3) is 0.333. The van der Waals surface area contributed by atoms with E-state index in [1.165, 1.54) is 9.80 Å². The van der Waals surface area contributed by atoms with Gasteiger partial charge in [0.2, 0.25) is 0 Å². The van der Waals surface area contributed by atoms with Crippen molar-refractivity contribution < 1.29 is 23.9 Å². The second-order valence-corrected chi connectivity index (χ2v) is 7.24. The molecule has 2 unspecified atom stereocenters. The van der Waals surface area contributed by atoms with Gasteiger partial charge in [-0.1, -0.05) is 6.92 Å². The van der Waals surface area contributed by atoms with Crippen molar-refractivity contribution in [1.29, 1.82) is 0 Å². The highest BCUT2D eigenvalue weighted by Crippen LogP contribution is 2.37. The van der Waals surface area contributed by atoms with Crippen LogP contribution in [0.3, 0.4) is 0 Å². The van der Waals surface area contributed by atoms with Crippen LogP contribution in [0.1, 0.15) is 30.6 Å². The van der Waals surface area contributed by atoms with E-state index in [9.17, 15) is 14.4 Å². The van der Waals surface area contributed by atoms with Gasteiger partial charge in [-0.2, -0.15) is 0 Å². The molecule has 0 bridgehead atoms. The molecule has 1 aromatic carbocycles. The molecule has 2 amide bonds. The Bertz CT molecular complexity index is 1050. The number of likely N-dealkylation sites (N-methyl/N-ethyl adjacent to an activating group) is 1. The first-order chi connectivity index (χ1) is 14.3. The van der Waals surface area contributed by atoms with Gasteiger partial charge in [-0.15, -0.1) is 0 Å². The predicted octanol–water partition coefficient (Wildman–Crippen LogP) is 1.79. The predicted molar refractivity (Wildman–Crippen MR) is 110 cm³/mol. The summed E-state index contributed by atoms with van der Waals surface area (Å²) in [6.07, 6.45) is -0.262. The SMILES string of the molecule is CCC1Oc2ccc(N)nc2N(C(C)C(=O)c2ccc3c(c2)N(C)C(=O)CO3)C1=O. The fourth-order valence-corrected chi connectivity index (χ4v) is 3.59. The monoisotopic (exact) mass is 410 g/mol. The van der Waals surface area contributed by atoms with E-state index in [2.05, 4.69) is 4.98 Å². The zero-order valence-corrected chi connectivity index (χ0v) is 16.9. The Morgan fingerprint density at radius 2 is 2.00 bits per heavy atom. The smallest absolute Gasteiger partial charge is 0.269 e. The van der Waals surface area contributed by atoms with Gasteiger partial charge in [-0.3, -0.25) is 19.3 Å². The molecule has 9 nitrogen and oxygen atoms in total. The number of fused-ring (bicyclic) bond motifs is 2. The summed E-state index contributed by atoms with van der Waals surface area (Å²) in [7, 11) is 1.63. The van der Waals surface area contributed by atoms with Crippen molar-refractivity contribution in [2.45, 2.75) is 32.4 Å². The third-order valence-corrected chi connectivity index (χ3v) is 5.34. The zero-order chi connectivity index (χ0) is 21.6. The number of carbonyl (C=O) groups is 3. The number of rotatable bonds is 4. The summed E-state index contributed by atoms with van der Waals surface area (Å²) in [6, 6.07) is 7.25. The van der Waals surface area contributed by atoms with Crippen LogP contribution in [0.5, 0.6) is 11.5 Å². The number of ketones is 1. The van der Waals surface area contributed by atoms with Crippen molar-refractivity contribution in [1.82, 2.24) is 4.98 Å². The summed E-state index contributed by atoms with van der Waals surface area (Å²) in [5, 5.41) is 0. The maximum absolute atomic E-state index is 13.3.